The van der Waals surface area contributed by atoms with Gasteiger partial charge in [0.15, 0.2) is 0 Å². The second-order valence-electron chi connectivity index (χ2n) is 6.56. The number of nitrogens with zero attached hydrogens (tertiary/aromatic N) is 1. The Balaban J connectivity index is 1.70. The maximum atomic E-state index is 10.7. The molecule has 1 aromatic carbocycles. The van der Waals surface area contributed by atoms with Crippen molar-refractivity contribution >= 4 is 29.5 Å². The Labute approximate surface area is 162 Å². The third kappa shape index (κ3) is 5.17. The smallest absolute Gasteiger partial charge is 0.303 e. The first kappa shape index (κ1) is 19.1. The van der Waals surface area contributed by atoms with Gasteiger partial charge in [-0.3, -0.25) is 4.79 Å². The quantitative estimate of drug-likeness (QED) is 0.649. The van der Waals surface area contributed by atoms with Crippen molar-refractivity contribution in [2.24, 2.45) is 0 Å². The van der Waals surface area contributed by atoms with Crippen LogP contribution in [0.5, 0.6) is 5.75 Å². The molecular formula is C20H23NO3S2. The highest BCUT2D eigenvalue weighted by Crippen LogP contribution is 2.38. The molecule has 1 aliphatic rings. The summed E-state index contributed by atoms with van der Waals surface area (Å²) in [6, 6.07) is 10.3. The number of aliphatic carboxylic acids is 1. The molecule has 138 valence electrons. The average molecular weight is 390 g/mol. The molecule has 2 aromatic rings. The van der Waals surface area contributed by atoms with Crippen molar-refractivity contribution in [3.8, 4) is 5.75 Å². The number of ether oxygens (including phenoxy) is 1. The third-order valence-electron chi connectivity index (χ3n) is 4.05. The number of aromatic nitrogens is 1. The van der Waals surface area contributed by atoms with Crippen molar-refractivity contribution < 1.29 is 14.6 Å². The number of benzene rings is 1. The van der Waals surface area contributed by atoms with E-state index in [1.54, 1.807) is 23.5 Å². The first-order valence-corrected chi connectivity index (χ1v) is 10.5. The molecule has 6 heteroatoms. The Morgan fingerprint density at radius 1 is 1.38 bits per heavy atom. The van der Waals surface area contributed by atoms with Crippen LogP contribution in [-0.2, 0) is 11.2 Å². The lowest BCUT2D eigenvalue weighted by atomic mass is 9.99. The van der Waals surface area contributed by atoms with E-state index in [0.717, 1.165) is 23.6 Å². The van der Waals surface area contributed by atoms with Gasteiger partial charge < -0.3 is 9.84 Å². The fourth-order valence-corrected chi connectivity index (χ4v) is 4.76. The highest BCUT2D eigenvalue weighted by molar-refractivity contribution is 8.02. The minimum Gasteiger partial charge on any atom is -0.490 e. The molecule has 0 fully saturated rings. The molecule has 26 heavy (non-hydrogen) atoms. The summed E-state index contributed by atoms with van der Waals surface area (Å²) in [5.74, 6) is 0.122. The van der Waals surface area contributed by atoms with Crippen molar-refractivity contribution in [2.45, 2.75) is 65.7 Å². The number of rotatable bonds is 7. The summed E-state index contributed by atoms with van der Waals surface area (Å²) in [6.45, 7) is 4.34. The fraction of sp³-hybridized carbons (Fsp3) is 0.400. The Morgan fingerprint density at radius 3 is 3.00 bits per heavy atom. The SMILES string of the molecule is CC(C)Sc1ncccc1Sc1ccc2c(c1)CCC(CCC(=O)O)O2. The van der Waals surface area contributed by atoms with Crippen LogP contribution < -0.4 is 4.74 Å². The van der Waals surface area contributed by atoms with Crippen LogP contribution in [-0.4, -0.2) is 27.4 Å². The maximum absolute atomic E-state index is 10.7. The van der Waals surface area contributed by atoms with Crippen LogP contribution in [0, 0.1) is 0 Å². The highest BCUT2D eigenvalue weighted by Gasteiger charge is 2.21. The molecule has 1 atom stereocenters. The summed E-state index contributed by atoms with van der Waals surface area (Å²) < 4.78 is 5.97. The lowest BCUT2D eigenvalue weighted by Crippen LogP contribution is -2.23. The van der Waals surface area contributed by atoms with E-state index >= 15 is 0 Å². The van der Waals surface area contributed by atoms with Gasteiger partial charge in [0.05, 0.1) is 6.10 Å². The van der Waals surface area contributed by atoms with E-state index in [-0.39, 0.29) is 12.5 Å². The number of pyridine rings is 1. The predicted molar refractivity (Wildman–Crippen MR) is 105 cm³/mol. The average Bonchev–Trinajstić information content (AvgIpc) is 2.61. The van der Waals surface area contributed by atoms with Gasteiger partial charge in [-0.2, -0.15) is 0 Å². The lowest BCUT2D eigenvalue weighted by molar-refractivity contribution is -0.137. The standard InChI is InChI=1S/C20H23NO3S2/c1-13(2)25-20-18(4-3-11-21-20)26-16-8-9-17-14(12-16)5-6-15(24-17)7-10-19(22)23/h3-4,8-9,11-13,15H,5-7,10H2,1-2H3,(H,22,23). The van der Waals surface area contributed by atoms with Gasteiger partial charge in [-0.1, -0.05) is 25.6 Å². The van der Waals surface area contributed by atoms with Crippen LogP contribution in [0.15, 0.2) is 51.3 Å². The second-order valence-corrected chi connectivity index (χ2v) is 9.24. The first-order valence-electron chi connectivity index (χ1n) is 8.82. The van der Waals surface area contributed by atoms with Gasteiger partial charge in [-0.25, -0.2) is 4.98 Å². The monoisotopic (exact) mass is 389 g/mol. The molecule has 0 radical (unpaired) electrons. The summed E-state index contributed by atoms with van der Waals surface area (Å²) >= 11 is 3.50. The second kappa shape index (κ2) is 8.82. The van der Waals surface area contributed by atoms with Crippen molar-refractivity contribution in [1.29, 1.82) is 0 Å². The zero-order chi connectivity index (χ0) is 18.5. The first-order chi connectivity index (χ1) is 12.5. The van der Waals surface area contributed by atoms with Crippen molar-refractivity contribution in [1.82, 2.24) is 4.98 Å². The van der Waals surface area contributed by atoms with Gasteiger partial charge in [-0.15, -0.1) is 11.8 Å². The van der Waals surface area contributed by atoms with Gasteiger partial charge in [0.2, 0.25) is 0 Å². The summed E-state index contributed by atoms with van der Waals surface area (Å²) in [4.78, 5) is 17.6. The number of carboxylic acid groups (broad SMARTS) is 1. The van der Waals surface area contributed by atoms with E-state index in [4.69, 9.17) is 9.84 Å². The molecule has 0 amide bonds. The molecule has 2 heterocycles. The summed E-state index contributed by atoms with van der Waals surface area (Å²) in [7, 11) is 0. The predicted octanol–water partition coefficient (Wildman–Crippen LogP) is 5.29. The molecule has 1 unspecified atom stereocenters. The molecule has 0 saturated heterocycles. The van der Waals surface area contributed by atoms with Gasteiger partial charge in [0, 0.05) is 27.7 Å². The van der Waals surface area contributed by atoms with E-state index in [1.807, 2.05) is 18.3 Å². The summed E-state index contributed by atoms with van der Waals surface area (Å²) in [5.41, 5.74) is 1.20. The van der Waals surface area contributed by atoms with E-state index in [0.29, 0.717) is 11.7 Å². The van der Waals surface area contributed by atoms with E-state index in [9.17, 15) is 4.79 Å². The minimum atomic E-state index is -0.766. The Kier molecular flexibility index (Phi) is 6.48. The van der Waals surface area contributed by atoms with Crippen molar-refractivity contribution in [3.05, 3.63) is 42.1 Å². The number of fused-ring (bicyclic) bond motifs is 1. The molecule has 0 aliphatic carbocycles. The van der Waals surface area contributed by atoms with Crippen molar-refractivity contribution in [2.75, 3.05) is 0 Å². The Morgan fingerprint density at radius 2 is 2.23 bits per heavy atom. The minimum absolute atomic E-state index is 0.00414. The van der Waals surface area contributed by atoms with Crippen molar-refractivity contribution in [3.63, 3.8) is 0 Å². The van der Waals surface area contributed by atoms with Gasteiger partial charge in [-0.05, 0) is 55.2 Å². The number of hydrogen-bond acceptors (Lipinski definition) is 5. The summed E-state index contributed by atoms with van der Waals surface area (Å²) in [5, 5.41) is 10.4. The molecule has 0 spiro atoms. The number of carbonyl (C=O) groups is 1. The molecule has 1 aromatic heterocycles. The third-order valence-corrected chi connectivity index (χ3v) is 6.24. The zero-order valence-electron chi connectivity index (χ0n) is 15.0. The molecule has 1 aliphatic heterocycles. The number of thioether (sulfide) groups is 1. The molecule has 4 nitrogen and oxygen atoms in total. The van der Waals surface area contributed by atoms with Crippen LogP contribution in [0.1, 0.15) is 38.7 Å². The number of hydrogen-bond donors (Lipinski definition) is 1. The molecule has 1 N–H and O–H groups in total. The lowest BCUT2D eigenvalue weighted by Gasteiger charge is -2.26. The van der Waals surface area contributed by atoms with Crippen LogP contribution in [0.25, 0.3) is 0 Å². The number of carboxylic acids is 1. The number of aryl methyl sites for hydroxylation is 1. The maximum Gasteiger partial charge on any atom is 0.303 e. The van der Waals surface area contributed by atoms with Gasteiger partial charge in [0.25, 0.3) is 0 Å². The van der Waals surface area contributed by atoms with Crippen LogP contribution in [0.4, 0.5) is 0 Å². The molecule has 3 rings (SSSR count). The Bertz CT molecular complexity index is 779. The van der Waals surface area contributed by atoms with Crippen LogP contribution in [0.3, 0.4) is 0 Å². The van der Waals surface area contributed by atoms with Gasteiger partial charge >= 0.3 is 5.97 Å². The Hall–Kier alpha value is -1.66. The van der Waals surface area contributed by atoms with E-state index in [1.165, 1.54) is 15.4 Å². The van der Waals surface area contributed by atoms with E-state index in [2.05, 4.69) is 37.0 Å². The fourth-order valence-electron chi connectivity index (χ4n) is 2.86. The molecular weight excluding hydrogens is 366 g/mol. The topological polar surface area (TPSA) is 59.4 Å². The molecule has 0 saturated carbocycles. The van der Waals surface area contributed by atoms with Gasteiger partial charge in [0.1, 0.15) is 10.8 Å². The van der Waals surface area contributed by atoms with Crippen LogP contribution >= 0.6 is 23.5 Å². The normalized spacial score (nSPS) is 16.2. The molecule has 0 bridgehead atoms. The summed E-state index contributed by atoms with van der Waals surface area (Å²) in [6.07, 6.45) is 4.36. The highest BCUT2D eigenvalue weighted by atomic mass is 32.2. The largest absolute Gasteiger partial charge is 0.490 e. The zero-order valence-corrected chi connectivity index (χ0v) is 16.6. The van der Waals surface area contributed by atoms with E-state index < -0.39 is 5.97 Å². The van der Waals surface area contributed by atoms with Crippen LogP contribution in [0.2, 0.25) is 0 Å².